The van der Waals surface area contributed by atoms with Gasteiger partial charge in [-0.1, -0.05) is 32.0 Å². The normalized spacial score (nSPS) is 41.7. The topological polar surface area (TPSA) is 68.0 Å². The molecule has 1 saturated carbocycles. The summed E-state index contributed by atoms with van der Waals surface area (Å²) in [4.78, 5) is 26.4. The predicted molar refractivity (Wildman–Crippen MR) is 109 cm³/mol. The van der Waals surface area contributed by atoms with Gasteiger partial charge in [-0.3, -0.25) is 9.69 Å². The molecule has 6 heteroatoms. The van der Waals surface area contributed by atoms with Crippen molar-refractivity contribution in [2.45, 2.75) is 88.4 Å². The molecule has 0 amide bonds. The molecule has 156 valence electrons. The summed E-state index contributed by atoms with van der Waals surface area (Å²) in [5.41, 5.74) is 2.30. The van der Waals surface area contributed by atoms with E-state index < -0.39 is 6.04 Å². The summed E-state index contributed by atoms with van der Waals surface area (Å²) in [6.45, 7) is 6.31. The van der Waals surface area contributed by atoms with Gasteiger partial charge in [-0.25, -0.2) is 0 Å². The third-order valence-corrected chi connectivity index (χ3v) is 8.28. The molecular weight excluding hydrogens is 368 g/mol. The minimum absolute atomic E-state index is 0.189. The van der Waals surface area contributed by atoms with Gasteiger partial charge in [0.15, 0.2) is 11.5 Å². The third kappa shape index (κ3) is 2.47. The molecule has 2 heterocycles. The van der Waals surface area contributed by atoms with Gasteiger partial charge in [0.1, 0.15) is 12.1 Å². The van der Waals surface area contributed by atoms with Crippen LogP contribution in [0.2, 0.25) is 0 Å². The van der Waals surface area contributed by atoms with E-state index in [-0.39, 0.29) is 23.0 Å². The van der Waals surface area contributed by atoms with E-state index in [4.69, 9.17) is 9.47 Å². The van der Waals surface area contributed by atoms with Gasteiger partial charge in [-0.2, -0.15) is 4.91 Å². The molecule has 2 aliphatic heterocycles. The van der Waals surface area contributed by atoms with Crippen LogP contribution < -0.4 is 9.47 Å². The van der Waals surface area contributed by atoms with Crippen LogP contribution in [0.3, 0.4) is 0 Å². The SMILES string of the molecule is CCC(=O)Oc1ccc2c3c1OC1C(N=O)CCC(C)C4N(C)C4(CCC31C)C2. The molecule has 4 aliphatic rings. The number of hydrogen-bond acceptors (Lipinski definition) is 6. The van der Waals surface area contributed by atoms with Crippen molar-refractivity contribution >= 4 is 5.97 Å². The van der Waals surface area contributed by atoms with Crippen LogP contribution in [-0.4, -0.2) is 41.6 Å². The highest BCUT2D eigenvalue weighted by atomic mass is 16.6. The molecule has 6 nitrogen and oxygen atoms in total. The van der Waals surface area contributed by atoms with Gasteiger partial charge < -0.3 is 9.47 Å². The van der Waals surface area contributed by atoms with E-state index in [1.165, 1.54) is 5.56 Å². The van der Waals surface area contributed by atoms with Gasteiger partial charge in [-0.15, -0.1) is 0 Å². The first-order chi connectivity index (χ1) is 13.9. The van der Waals surface area contributed by atoms with Crippen molar-refractivity contribution in [3.8, 4) is 11.5 Å². The van der Waals surface area contributed by atoms with Gasteiger partial charge in [0, 0.05) is 29.0 Å². The quantitative estimate of drug-likeness (QED) is 0.333. The Balaban J connectivity index is 1.69. The number of esters is 1. The molecule has 2 aliphatic carbocycles. The number of fused-ring (bicyclic) bond motifs is 1. The lowest BCUT2D eigenvalue weighted by Crippen LogP contribution is -2.44. The summed E-state index contributed by atoms with van der Waals surface area (Å²) >= 11 is 0. The summed E-state index contributed by atoms with van der Waals surface area (Å²) in [6, 6.07) is 4.14. The third-order valence-electron chi connectivity index (χ3n) is 8.28. The summed E-state index contributed by atoms with van der Waals surface area (Å²) in [6.07, 6.45) is 4.72. The van der Waals surface area contributed by atoms with Gasteiger partial charge in [0.2, 0.25) is 0 Å². The average Bonchev–Trinajstić information content (AvgIpc) is 3.20. The Morgan fingerprint density at radius 2 is 2.14 bits per heavy atom. The fourth-order valence-electron chi connectivity index (χ4n) is 6.70. The zero-order chi connectivity index (χ0) is 20.6. The average molecular weight is 399 g/mol. The second-order valence-electron chi connectivity index (χ2n) is 9.77. The second kappa shape index (κ2) is 6.27. The highest BCUT2D eigenvalue weighted by Gasteiger charge is 2.65. The van der Waals surface area contributed by atoms with Crippen LogP contribution in [-0.2, 0) is 16.6 Å². The predicted octanol–water partition coefficient (Wildman–Crippen LogP) is 3.97. The highest BCUT2D eigenvalue weighted by Crippen LogP contribution is 2.61. The Bertz CT molecular complexity index is 886. The molecule has 1 aromatic rings. The first kappa shape index (κ1) is 19.0. The second-order valence-corrected chi connectivity index (χ2v) is 9.77. The Morgan fingerprint density at radius 1 is 1.34 bits per heavy atom. The van der Waals surface area contributed by atoms with Crippen molar-refractivity contribution in [2.24, 2.45) is 11.1 Å². The van der Waals surface area contributed by atoms with Crippen LogP contribution in [0, 0.1) is 10.8 Å². The zero-order valence-corrected chi connectivity index (χ0v) is 17.7. The number of nitroso groups, excluding NO2 is 1. The number of hydrogen-bond donors (Lipinski definition) is 0. The minimum atomic E-state index is -0.396. The van der Waals surface area contributed by atoms with E-state index in [0.717, 1.165) is 37.7 Å². The van der Waals surface area contributed by atoms with Crippen molar-refractivity contribution in [3.63, 3.8) is 0 Å². The molecule has 2 fully saturated rings. The number of nitrogens with zero attached hydrogens (tertiary/aromatic N) is 2. The molecule has 29 heavy (non-hydrogen) atoms. The van der Waals surface area contributed by atoms with Crippen LogP contribution in [0.1, 0.15) is 64.0 Å². The fourth-order valence-corrected chi connectivity index (χ4v) is 6.70. The van der Waals surface area contributed by atoms with Crippen molar-refractivity contribution < 1.29 is 14.3 Å². The minimum Gasteiger partial charge on any atom is -0.483 e. The van der Waals surface area contributed by atoms with E-state index in [9.17, 15) is 9.70 Å². The van der Waals surface area contributed by atoms with Crippen LogP contribution in [0.4, 0.5) is 0 Å². The lowest BCUT2D eigenvalue weighted by molar-refractivity contribution is -0.134. The summed E-state index contributed by atoms with van der Waals surface area (Å²) in [5.74, 6) is 1.40. The molecular formula is C23H30N2O4. The van der Waals surface area contributed by atoms with E-state index in [1.54, 1.807) is 6.92 Å². The Labute approximate surface area is 171 Å². The van der Waals surface area contributed by atoms with Crippen LogP contribution in [0.15, 0.2) is 17.3 Å². The van der Waals surface area contributed by atoms with Gasteiger partial charge in [0.25, 0.3) is 0 Å². The molecule has 7 unspecified atom stereocenters. The zero-order valence-electron chi connectivity index (χ0n) is 17.7. The molecule has 0 N–H and O–H groups in total. The van der Waals surface area contributed by atoms with Crippen molar-refractivity contribution in [3.05, 3.63) is 28.2 Å². The Kier molecular flexibility index (Phi) is 4.12. The number of benzene rings is 1. The van der Waals surface area contributed by atoms with Crippen molar-refractivity contribution in [2.75, 3.05) is 7.05 Å². The maximum atomic E-state index is 12.0. The fraction of sp³-hybridized carbons (Fsp3) is 0.696. The monoisotopic (exact) mass is 398 g/mol. The largest absolute Gasteiger partial charge is 0.483 e. The van der Waals surface area contributed by atoms with E-state index in [2.05, 4.69) is 37.0 Å². The first-order valence-corrected chi connectivity index (χ1v) is 10.9. The molecule has 5 rings (SSSR count). The van der Waals surface area contributed by atoms with Crippen molar-refractivity contribution in [1.29, 1.82) is 0 Å². The number of carbonyl (C=O) groups excluding carboxylic acids is 1. The standard InChI is InChI=1S/C23H30N2O4/c1-5-17(26)28-16-9-7-14-12-23-11-10-22(3)18(14)19(16)29-21(22)15(24-27)8-6-13(2)20(23)25(23)4/h7,9,13,15,20-21H,5-6,8,10-12H2,1-4H3. The molecule has 7 atom stereocenters. The van der Waals surface area contributed by atoms with Crippen LogP contribution in [0.5, 0.6) is 11.5 Å². The van der Waals surface area contributed by atoms with Gasteiger partial charge in [-0.05, 0) is 56.7 Å². The molecule has 0 aromatic heterocycles. The molecule has 0 radical (unpaired) electrons. The van der Waals surface area contributed by atoms with Gasteiger partial charge >= 0.3 is 5.97 Å². The maximum absolute atomic E-state index is 12.0. The first-order valence-electron chi connectivity index (χ1n) is 10.9. The van der Waals surface area contributed by atoms with Crippen LogP contribution in [0.25, 0.3) is 0 Å². The molecule has 1 spiro atoms. The van der Waals surface area contributed by atoms with Gasteiger partial charge in [0.05, 0.1) is 0 Å². The number of rotatable bonds is 3. The van der Waals surface area contributed by atoms with Crippen LogP contribution >= 0.6 is 0 Å². The number of ether oxygens (including phenoxy) is 2. The molecule has 1 aromatic carbocycles. The Hall–Kier alpha value is -1.95. The highest BCUT2D eigenvalue weighted by molar-refractivity contribution is 5.74. The summed E-state index contributed by atoms with van der Waals surface area (Å²) < 4.78 is 12.1. The lowest BCUT2D eigenvalue weighted by Gasteiger charge is -2.34. The summed E-state index contributed by atoms with van der Waals surface area (Å²) in [5, 5.41) is 3.54. The van der Waals surface area contributed by atoms with E-state index >= 15 is 0 Å². The van der Waals surface area contributed by atoms with E-state index in [1.807, 2.05) is 6.07 Å². The number of likely N-dealkylation sites (N-methyl/N-ethyl adjacent to an activating group) is 1. The van der Waals surface area contributed by atoms with E-state index in [0.29, 0.717) is 29.9 Å². The smallest absolute Gasteiger partial charge is 0.311 e. The Morgan fingerprint density at radius 3 is 2.86 bits per heavy atom. The molecule has 2 bridgehead atoms. The van der Waals surface area contributed by atoms with Crippen molar-refractivity contribution in [1.82, 2.24) is 4.90 Å². The summed E-state index contributed by atoms with van der Waals surface area (Å²) in [7, 11) is 2.24. The lowest BCUT2D eigenvalue weighted by atomic mass is 9.71. The maximum Gasteiger partial charge on any atom is 0.311 e. The molecule has 1 saturated heterocycles. The number of carbonyl (C=O) groups is 1.